The Hall–Kier alpha value is -5.41. The molecule has 1 saturated heterocycles. The van der Waals surface area contributed by atoms with Crippen LogP contribution in [0.1, 0.15) is 46.7 Å². The van der Waals surface area contributed by atoms with Crippen molar-refractivity contribution < 1.29 is 24.1 Å². The summed E-state index contributed by atoms with van der Waals surface area (Å²) in [4.78, 5) is 19.6. The average molecular weight is 775 g/mol. The second kappa shape index (κ2) is 20.3. The predicted molar refractivity (Wildman–Crippen MR) is 229 cm³/mol. The van der Waals surface area contributed by atoms with Crippen molar-refractivity contribution in [3.63, 3.8) is 0 Å². The van der Waals surface area contributed by atoms with Gasteiger partial charge in [0.2, 0.25) is 0 Å². The van der Waals surface area contributed by atoms with Gasteiger partial charge < -0.3 is 24.2 Å². The van der Waals surface area contributed by atoms with Crippen LogP contribution in [0.15, 0.2) is 182 Å². The van der Waals surface area contributed by atoms with Crippen LogP contribution in [0, 0.1) is 0 Å². The molecule has 1 fully saturated rings. The average Bonchev–Trinajstić information content (AvgIpc) is 3.30. The lowest BCUT2D eigenvalue weighted by atomic mass is 9.75. The highest BCUT2D eigenvalue weighted by Crippen LogP contribution is 2.43. The number of ether oxygens (including phenoxy) is 3. The maximum atomic E-state index is 15.2. The summed E-state index contributed by atoms with van der Waals surface area (Å²) in [6, 6.07) is 61.6. The molecule has 1 aliphatic rings. The number of nitrogens with zero attached hydrogens (tertiary/aromatic N) is 2. The molecule has 1 heterocycles. The molecule has 4 atom stereocenters. The predicted octanol–water partition coefficient (Wildman–Crippen LogP) is 8.65. The van der Waals surface area contributed by atoms with Crippen LogP contribution >= 0.6 is 0 Å². The molecule has 298 valence electrons. The molecule has 7 heteroatoms. The van der Waals surface area contributed by atoms with Gasteiger partial charge in [-0.15, -0.1) is 0 Å². The molecule has 0 aromatic heterocycles. The highest BCUT2D eigenvalue weighted by atomic mass is 16.6. The quantitative estimate of drug-likeness (QED) is 0.0883. The number of aliphatic hydroxyl groups is 1. The maximum absolute atomic E-state index is 15.2. The van der Waals surface area contributed by atoms with E-state index in [2.05, 4.69) is 95.9 Å². The minimum absolute atomic E-state index is 0.185. The van der Waals surface area contributed by atoms with Crippen molar-refractivity contribution in [3.05, 3.63) is 215 Å². The minimum atomic E-state index is -1.07. The Morgan fingerprint density at radius 2 is 0.862 bits per heavy atom. The lowest BCUT2D eigenvalue weighted by Gasteiger charge is -2.49. The van der Waals surface area contributed by atoms with E-state index in [4.69, 9.17) is 14.2 Å². The van der Waals surface area contributed by atoms with E-state index in [0.29, 0.717) is 32.6 Å². The lowest BCUT2D eigenvalue weighted by Crippen LogP contribution is -2.61. The number of rotatable bonds is 18. The molecule has 0 spiro atoms. The van der Waals surface area contributed by atoms with Crippen LogP contribution < -0.4 is 0 Å². The van der Waals surface area contributed by atoms with Crippen molar-refractivity contribution in [1.82, 2.24) is 9.80 Å². The van der Waals surface area contributed by atoms with Gasteiger partial charge in [0, 0.05) is 26.2 Å². The van der Waals surface area contributed by atoms with Gasteiger partial charge in [0.15, 0.2) is 6.10 Å². The number of carbonyl (C=O) groups excluding carboxylic acids is 1. The van der Waals surface area contributed by atoms with Gasteiger partial charge in [0.05, 0.1) is 31.5 Å². The first kappa shape index (κ1) is 40.8. The van der Waals surface area contributed by atoms with E-state index in [1.807, 2.05) is 103 Å². The van der Waals surface area contributed by atoms with Crippen molar-refractivity contribution in [2.24, 2.45) is 0 Å². The standard InChI is InChI=1S/C51H54N2O5/c1-2-46(54)47(56-37-40-21-9-3-10-22-40)48(57-38-41-23-11-4-12-24-41)49(58-39-42-25-13-5-14-26-42)50(55)52-33-35-53(36-34-52)51(43-27-15-6-16-28-43,44-29-17-7-18-30-44)45-31-19-8-20-32-45/h3-32,46-49,54H,2,33-39H2,1H3/t46-,47-,48+,49-/m1/s1. The molecule has 0 aliphatic carbocycles. The fourth-order valence-electron chi connectivity index (χ4n) is 8.14. The van der Waals surface area contributed by atoms with E-state index < -0.39 is 30.0 Å². The monoisotopic (exact) mass is 774 g/mol. The van der Waals surface area contributed by atoms with Crippen LogP contribution in [-0.2, 0) is 44.4 Å². The van der Waals surface area contributed by atoms with Gasteiger partial charge >= 0.3 is 0 Å². The molecule has 6 aromatic rings. The van der Waals surface area contributed by atoms with Gasteiger partial charge in [-0.05, 0) is 39.8 Å². The first-order chi connectivity index (χ1) is 28.6. The Morgan fingerprint density at radius 1 is 0.517 bits per heavy atom. The summed E-state index contributed by atoms with van der Waals surface area (Å²) in [6.07, 6.45) is -3.37. The van der Waals surface area contributed by atoms with Crippen molar-refractivity contribution >= 4 is 5.91 Å². The van der Waals surface area contributed by atoms with Crippen molar-refractivity contribution in [2.45, 2.75) is 63.1 Å². The Balaban J connectivity index is 1.22. The van der Waals surface area contributed by atoms with Crippen LogP contribution in [0.3, 0.4) is 0 Å². The van der Waals surface area contributed by atoms with Crippen LogP contribution in [0.5, 0.6) is 0 Å². The van der Waals surface area contributed by atoms with Crippen LogP contribution in [0.4, 0.5) is 0 Å². The smallest absolute Gasteiger partial charge is 0.254 e. The van der Waals surface area contributed by atoms with E-state index >= 15 is 4.79 Å². The number of carbonyl (C=O) groups is 1. The molecule has 0 bridgehead atoms. The third kappa shape index (κ3) is 9.64. The largest absolute Gasteiger partial charge is 0.390 e. The Labute approximate surface area is 343 Å². The van der Waals surface area contributed by atoms with Gasteiger partial charge in [0.1, 0.15) is 12.2 Å². The zero-order valence-corrected chi connectivity index (χ0v) is 33.3. The summed E-state index contributed by atoms with van der Waals surface area (Å²) in [5.74, 6) is -0.185. The van der Waals surface area contributed by atoms with E-state index in [-0.39, 0.29) is 25.7 Å². The Bertz CT molecular complexity index is 1980. The fourth-order valence-corrected chi connectivity index (χ4v) is 8.14. The van der Waals surface area contributed by atoms with E-state index in [0.717, 1.165) is 33.4 Å². The van der Waals surface area contributed by atoms with Gasteiger partial charge in [-0.1, -0.05) is 189 Å². The van der Waals surface area contributed by atoms with Crippen LogP contribution in [0.2, 0.25) is 0 Å². The first-order valence-electron chi connectivity index (χ1n) is 20.4. The molecule has 1 amide bonds. The number of hydrogen-bond donors (Lipinski definition) is 1. The van der Waals surface area contributed by atoms with E-state index in [1.54, 1.807) is 0 Å². The molecule has 1 N–H and O–H groups in total. The highest BCUT2D eigenvalue weighted by molar-refractivity contribution is 5.82. The zero-order valence-electron chi connectivity index (χ0n) is 33.3. The second-order valence-corrected chi connectivity index (χ2v) is 14.8. The van der Waals surface area contributed by atoms with Gasteiger partial charge in [0.25, 0.3) is 5.91 Å². The fraction of sp³-hybridized carbons (Fsp3) is 0.275. The lowest BCUT2D eigenvalue weighted by molar-refractivity contribution is -0.192. The third-order valence-electron chi connectivity index (χ3n) is 11.1. The number of amides is 1. The van der Waals surface area contributed by atoms with Crippen molar-refractivity contribution in [2.75, 3.05) is 26.2 Å². The summed E-state index contributed by atoms with van der Waals surface area (Å²) in [7, 11) is 0. The van der Waals surface area contributed by atoms with Crippen molar-refractivity contribution in [3.8, 4) is 0 Å². The molecular weight excluding hydrogens is 721 g/mol. The second-order valence-electron chi connectivity index (χ2n) is 14.8. The summed E-state index contributed by atoms with van der Waals surface area (Å²) < 4.78 is 20.0. The van der Waals surface area contributed by atoms with Crippen LogP contribution in [-0.4, -0.2) is 71.4 Å². The number of benzene rings is 6. The highest BCUT2D eigenvalue weighted by Gasteiger charge is 2.46. The topological polar surface area (TPSA) is 71.5 Å². The molecule has 1 aliphatic heterocycles. The Morgan fingerprint density at radius 3 is 1.24 bits per heavy atom. The maximum Gasteiger partial charge on any atom is 0.254 e. The first-order valence-corrected chi connectivity index (χ1v) is 20.4. The number of aliphatic hydroxyl groups excluding tert-OH is 1. The number of piperazine rings is 1. The molecule has 6 aromatic carbocycles. The Kier molecular flexibility index (Phi) is 14.3. The molecule has 0 unspecified atom stereocenters. The molecule has 0 radical (unpaired) electrons. The molecule has 7 rings (SSSR count). The SMILES string of the molecule is CC[C@@H](O)[C@@H](OCc1ccccc1)[C@H](OCc1ccccc1)[C@@H](OCc1ccccc1)C(=O)N1CCN(C(c2ccccc2)(c2ccccc2)c2ccccc2)CC1. The van der Waals surface area contributed by atoms with Crippen molar-refractivity contribution in [1.29, 1.82) is 0 Å². The molecule has 58 heavy (non-hydrogen) atoms. The normalized spacial score (nSPS) is 15.7. The third-order valence-corrected chi connectivity index (χ3v) is 11.1. The van der Waals surface area contributed by atoms with Gasteiger partial charge in [-0.2, -0.15) is 0 Å². The summed E-state index contributed by atoms with van der Waals surface area (Å²) in [6.45, 7) is 4.71. The van der Waals surface area contributed by atoms with E-state index in [9.17, 15) is 5.11 Å². The molecule has 7 nitrogen and oxygen atoms in total. The number of hydrogen-bond acceptors (Lipinski definition) is 6. The summed E-state index contributed by atoms with van der Waals surface area (Å²) in [5, 5.41) is 11.6. The minimum Gasteiger partial charge on any atom is -0.390 e. The van der Waals surface area contributed by atoms with Gasteiger partial charge in [-0.3, -0.25) is 9.69 Å². The summed E-state index contributed by atoms with van der Waals surface area (Å²) in [5.41, 5.74) is 5.74. The van der Waals surface area contributed by atoms with E-state index in [1.165, 1.54) is 0 Å². The van der Waals surface area contributed by atoms with Crippen LogP contribution in [0.25, 0.3) is 0 Å². The summed E-state index contributed by atoms with van der Waals surface area (Å²) >= 11 is 0. The zero-order chi connectivity index (χ0) is 40.0. The molecular formula is C51H54N2O5. The molecule has 0 saturated carbocycles. The van der Waals surface area contributed by atoms with Gasteiger partial charge in [-0.25, -0.2) is 0 Å².